The first-order chi connectivity index (χ1) is 41.3. The maximum absolute atomic E-state index is 5.74. The molecule has 10 aromatic carbocycles. The topological polar surface area (TPSA) is 79.0 Å². The highest BCUT2D eigenvalue weighted by molar-refractivity contribution is 6.12. The van der Waals surface area contributed by atoms with Crippen LogP contribution in [0.1, 0.15) is 22.3 Å². The summed E-state index contributed by atoms with van der Waals surface area (Å²) < 4.78 is 13.3. The molecule has 10 heteroatoms. The van der Waals surface area contributed by atoms with E-state index in [4.69, 9.17) is 19.9 Å². The number of aromatic nitrogens is 10. The lowest BCUT2D eigenvalue weighted by atomic mass is 9.98. The zero-order chi connectivity index (χ0) is 55.9. The van der Waals surface area contributed by atoms with E-state index < -0.39 is 0 Å². The molecule has 7 heterocycles. The van der Waals surface area contributed by atoms with Gasteiger partial charge in [-0.2, -0.15) is 0 Å². The maximum atomic E-state index is 5.74. The minimum atomic E-state index is 0.559. The van der Waals surface area contributed by atoms with Crippen molar-refractivity contribution in [2.45, 2.75) is 27.7 Å². The van der Waals surface area contributed by atoms with Gasteiger partial charge >= 0.3 is 0 Å². The average molecular weight is 1080 g/mol. The van der Waals surface area contributed by atoms with Gasteiger partial charge in [0.15, 0.2) is 0 Å². The standard InChI is InChI=1S/C74H50N10/c1-45-20-15-29-53-54-30-16-21-46(2)70(54)83(69(45)53)73-75-58-41-59(76-73)51-26-5-6-27-52(51)60-42-61(78-74(77-60)84-71-47(3)22-17-31-55(71)56-32-18-23-48(4)72(56)84)57-28-7-8-33-62(57)80-44-82(66-37-12-11-36-65(66)80)68-39-14-13-38-67(68)81-43-79(50-25-19-24-49(58)40-50)63-34-9-10-35-64(63)81/h5-42H,1-4H3. The highest BCUT2D eigenvalue weighted by Crippen LogP contribution is 2.41. The van der Waals surface area contributed by atoms with Gasteiger partial charge in [0.25, 0.3) is 12.7 Å². The molecular formula is C74H50N10. The summed E-state index contributed by atoms with van der Waals surface area (Å²) >= 11 is 0. The molecule has 6 aromatic heterocycles. The van der Waals surface area contributed by atoms with E-state index in [-0.39, 0.29) is 0 Å². The van der Waals surface area contributed by atoms with Gasteiger partial charge in [-0.3, -0.25) is 27.4 Å². The van der Waals surface area contributed by atoms with E-state index in [2.05, 4.69) is 298 Å². The van der Waals surface area contributed by atoms with Crippen molar-refractivity contribution >= 4 is 65.7 Å². The van der Waals surface area contributed by atoms with Crippen LogP contribution in [0.4, 0.5) is 0 Å². The van der Waals surface area contributed by atoms with Gasteiger partial charge in [-0.05, 0) is 85.8 Å². The van der Waals surface area contributed by atoms with Crippen molar-refractivity contribution in [3.8, 4) is 79.7 Å². The summed E-state index contributed by atoms with van der Waals surface area (Å²) in [5, 5.41) is 4.59. The maximum Gasteiger partial charge on any atom is 0.269 e. The van der Waals surface area contributed by atoms with E-state index in [0.29, 0.717) is 11.9 Å². The highest BCUT2D eigenvalue weighted by atomic mass is 15.2. The third-order valence-electron chi connectivity index (χ3n) is 17.0. The van der Waals surface area contributed by atoms with Crippen LogP contribution in [0.2, 0.25) is 0 Å². The average Bonchev–Trinajstić information content (AvgIpc) is 2.84. The van der Waals surface area contributed by atoms with Crippen LogP contribution in [0, 0.1) is 40.3 Å². The Bertz CT molecular complexity index is 5340. The second-order valence-electron chi connectivity index (χ2n) is 22.1. The normalized spacial score (nSPS) is 12.0. The molecule has 0 saturated heterocycles. The fourth-order valence-corrected chi connectivity index (χ4v) is 13.3. The Labute approximate surface area is 483 Å². The third kappa shape index (κ3) is 7.04. The molecule has 17 rings (SSSR count). The van der Waals surface area contributed by atoms with Gasteiger partial charge in [-0.25, -0.2) is 19.9 Å². The van der Waals surface area contributed by atoms with Gasteiger partial charge < -0.3 is 0 Å². The Morgan fingerprint density at radius 2 is 0.726 bits per heavy atom. The van der Waals surface area contributed by atoms with Crippen LogP contribution in [0.5, 0.6) is 0 Å². The summed E-state index contributed by atoms with van der Waals surface area (Å²) in [6.07, 6.45) is 7.75. The van der Waals surface area contributed by atoms with Crippen LogP contribution in [0.25, 0.3) is 145 Å². The first-order valence-electron chi connectivity index (χ1n) is 28.4. The Morgan fingerprint density at radius 3 is 1.25 bits per heavy atom. The molecule has 0 aliphatic carbocycles. The molecular weight excluding hydrogens is 1030 g/mol. The number of fused-ring (bicyclic) bond motifs is 33. The van der Waals surface area contributed by atoms with Crippen molar-refractivity contribution in [3.05, 3.63) is 265 Å². The fourth-order valence-electron chi connectivity index (χ4n) is 13.3. The van der Waals surface area contributed by atoms with E-state index in [0.717, 1.165) is 156 Å². The lowest BCUT2D eigenvalue weighted by Crippen LogP contribution is -2.30. The van der Waals surface area contributed by atoms with Crippen molar-refractivity contribution in [1.82, 2.24) is 38.2 Å². The fraction of sp³-hybridized carbons (Fsp3) is 0.0541. The number of hydrogen-bond acceptors (Lipinski definition) is 4. The van der Waals surface area contributed by atoms with Gasteiger partial charge in [0, 0.05) is 38.2 Å². The van der Waals surface area contributed by atoms with Crippen LogP contribution < -0.4 is 9.13 Å². The molecule has 10 nitrogen and oxygen atoms in total. The number of rotatable bonds is 2. The summed E-state index contributed by atoms with van der Waals surface area (Å²) in [4.78, 5) is 22.8. The first-order valence-corrected chi connectivity index (χ1v) is 28.4. The molecule has 0 spiro atoms. The quantitative estimate of drug-likeness (QED) is 0.128. The second-order valence-corrected chi connectivity index (χ2v) is 22.1. The van der Waals surface area contributed by atoms with Crippen LogP contribution in [-0.4, -0.2) is 38.2 Å². The number of nitrogens with zero attached hydrogens (tertiary/aromatic N) is 10. The number of benzene rings is 10. The van der Waals surface area contributed by atoms with E-state index >= 15 is 0 Å². The molecule has 396 valence electrons. The van der Waals surface area contributed by atoms with Crippen LogP contribution in [0.15, 0.2) is 231 Å². The Morgan fingerprint density at radius 1 is 0.333 bits per heavy atom. The summed E-state index contributed by atoms with van der Waals surface area (Å²) in [5.41, 5.74) is 23.1. The SMILES string of the molecule is Cc1cccc2c3cccc(C)c3n(-c3nc4cc(n3)-c3ccccc3-c3cc(nc(-n5c6c(C)cccc6c6cccc(C)c65)n3)-c3ccccc3-[n+]3[c-]n(c5ccccc53)-c3ccccc3-n3[c-][n+](c5ccccc53)-c3cccc-4c3)c12. The summed E-state index contributed by atoms with van der Waals surface area (Å²) in [5.74, 6) is 1.13. The predicted octanol–water partition coefficient (Wildman–Crippen LogP) is 15.7. The molecule has 0 atom stereocenters. The molecule has 16 aromatic rings. The molecule has 0 amide bonds. The zero-order valence-corrected chi connectivity index (χ0v) is 46.4. The minimum Gasteiger partial charge on any atom is -0.295 e. The molecule has 0 unspecified atom stereocenters. The van der Waals surface area contributed by atoms with Gasteiger partial charge in [0.05, 0.1) is 89.7 Å². The van der Waals surface area contributed by atoms with Gasteiger partial charge in [0.2, 0.25) is 11.9 Å². The van der Waals surface area contributed by atoms with E-state index in [1.165, 1.54) is 0 Å². The van der Waals surface area contributed by atoms with Crippen molar-refractivity contribution in [3.63, 3.8) is 0 Å². The van der Waals surface area contributed by atoms with Gasteiger partial charge in [-0.15, -0.1) is 0 Å². The predicted molar refractivity (Wildman–Crippen MR) is 335 cm³/mol. The van der Waals surface area contributed by atoms with E-state index in [9.17, 15) is 0 Å². The van der Waals surface area contributed by atoms with Crippen LogP contribution in [-0.2, 0) is 0 Å². The molecule has 0 fully saturated rings. The summed E-state index contributed by atoms with van der Waals surface area (Å²) in [6, 6.07) is 81.7. The molecule has 0 saturated carbocycles. The van der Waals surface area contributed by atoms with Crippen molar-refractivity contribution in [2.75, 3.05) is 0 Å². The van der Waals surface area contributed by atoms with Crippen molar-refractivity contribution < 1.29 is 9.13 Å². The highest BCUT2D eigenvalue weighted by Gasteiger charge is 2.26. The summed E-state index contributed by atoms with van der Waals surface area (Å²) in [7, 11) is 0. The molecule has 0 radical (unpaired) electrons. The van der Waals surface area contributed by atoms with Crippen molar-refractivity contribution in [1.29, 1.82) is 0 Å². The Hall–Kier alpha value is -11.1. The zero-order valence-electron chi connectivity index (χ0n) is 46.4. The number of imidazole rings is 2. The monoisotopic (exact) mass is 1080 g/mol. The number of para-hydroxylation sites is 11. The molecule has 1 aliphatic rings. The largest absolute Gasteiger partial charge is 0.295 e. The minimum absolute atomic E-state index is 0.559. The second kappa shape index (κ2) is 18.2. The Balaban J connectivity index is 1.02. The van der Waals surface area contributed by atoms with Crippen LogP contribution in [0.3, 0.4) is 0 Å². The lowest BCUT2D eigenvalue weighted by molar-refractivity contribution is -0.572. The number of aryl methyl sites for hydroxylation is 4. The van der Waals surface area contributed by atoms with Crippen LogP contribution >= 0.6 is 0 Å². The van der Waals surface area contributed by atoms with Gasteiger partial charge in [0.1, 0.15) is 0 Å². The smallest absolute Gasteiger partial charge is 0.269 e. The molecule has 10 bridgehead atoms. The lowest BCUT2D eigenvalue weighted by Gasteiger charge is -2.17. The molecule has 1 aliphatic heterocycles. The summed E-state index contributed by atoms with van der Waals surface area (Å²) in [6.45, 7) is 8.71. The first kappa shape index (κ1) is 47.7. The van der Waals surface area contributed by atoms with Gasteiger partial charge in [-0.1, -0.05) is 200 Å². The number of hydrogen-bond donors (Lipinski definition) is 0. The van der Waals surface area contributed by atoms with E-state index in [1.807, 2.05) is 0 Å². The van der Waals surface area contributed by atoms with E-state index in [1.54, 1.807) is 0 Å². The Kier molecular flexibility index (Phi) is 10.3. The van der Waals surface area contributed by atoms with Crippen molar-refractivity contribution in [2.24, 2.45) is 0 Å². The third-order valence-corrected chi connectivity index (χ3v) is 17.0. The molecule has 0 N–H and O–H groups in total. The molecule has 84 heavy (non-hydrogen) atoms.